The van der Waals surface area contributed by atoms with E-state index in [1.54, 1.807) is 6.20 Å². The van der Waals surface area contributed by atoms with Crippen LogP contribution in [-0.4, -0.2) is 45.4 Å². The van der Waals surface area contributed by atoms with Gasteiger partial charge in [-0.15, -0.1) is 0 Å². The Kier molecular flexibility index (Phi) is 5.00. The van der Waals surface area contributed by atoms with Gasteiger partial charge in [0.1, 0.15) is 0 Å². The van der Waals surface area contributed by atoms with Gasteiger partial charge in [0.2, 0.25) is 0 Å². The van der Waals surface area contributed by atoms with Gasteiger partial charge in [-0.05, 0) is 50.9 Å². The van der Waals surface area contributed by atoms with Crippen LogP contribution in [0.4, 0.5) is 0 Å². The highest BCUT2D eigenvalue weighted by Crippen LogP contribution is 2.43. The van der Waals surface area contributed by atoms with Gasteiger partial charge in [0.15, 0.2) is 0 Å². The standard InChI is InChI=1S/C19H31N3O2/c1-4-14(3)22-17(15-6-7-15)16(12-20-22)18(24)21-10-8-19(5-2,13-23)9-11-21/h12,14-15,23H,4-11,13H2,1-3H3. The molecule has 1 aliphatic heterocycles. The van der Waals surface area contributed by atoms with Crippen LogP contribution in [0.25, 0.3) is 0 Å². The molecule has 1 amide bonds. The zero-order valence-electron chi connectivity index (χ0n) is 15.3. The van der Waals surface area contributed by atoms with E-state index in [4.69, 9.17) is 0 Å². The number of amides is 1. The number of piperidine rings is 1. The number of aliphatic hydroxyl groups excluding tert-OH is 1. The maximum atomic E-state index is 13.1. The van der Waals surface area contributed by atoms with Crippen molar-refractivity contribution in [3.05, 3.63) is 17.5 Å². The van der Waals surface area contributed by atoms with Crippen LogP contribution in [0.3, 0.4) is 0 Å². The van der Waals surface area contributed by atoms with E-state index in [2.05, 4.69) is 30.6 Å². The van der Waals surface area contributed by atoms with Gasteiger partial charge in [-0.2, -0.15) is 5.10 Å². The molecule has 2 fully saturated rings. The molecule has 3 rings (SSSR count). The largest absolute Gasteiger partial charge is 0.396 e. The molecule has 1 atom stereocenters. The summed E-state index contributed by atoms with van der Waals surface area (Å²) in [6, 6.07) is 0.339. The number of aliphatic hydroxyl groups is 1. The fourth-order valence-electron chi connectivity index (χ4n) is 3.80. The van der Waals surface area contributed by atoms with Gasteiger partial charge in [0.05, 0.1) is 17.5 Å². The maximum Gasteiger partial charge on any atom is 0.257 e. The van der Waals surface area contributed by atoms with Crippen LogP contribution in [0.5, 0.6) is 0 Å². The molecule has 5 heteroatoms. The van der Waals surface area contributed by atoms with Gasteiger partial charge in [0, 0.05) is 31.7 Å². The first-order valence-electron chi connectivity index (χ1n) is 9.52. The number of rotatable bonds is 6. The average molecular weight is 333 g/mol. The lowest BCUT2D eigenvalue weighted by atomic mass is 9.77. The summed E-state index contributed by atoms with van der Waals surface area (Å²) >= 11 is 0. The summed E-state index contributed by atoms with van der Waals surface area (Å²) in [7, 11) is 0. The molecular weight excluding hydrogens is 302 g/mol. The van der Waals surface area contributed by atoms with Gasteiger partial charge in [-0.3, -0.25) is 9.48 Å². The lowest BCUT2D eigenvalue weighted by Gasteiger charge is -2.40. The minimum atomic E-state index is 0.0109. The maximum absolute atomic E-state index is 13.1. The summed E-state index contributed by atoms with van der Waals surface area (Å²) < 4.78 is 2.08. The highest BCUT2D eigenvalue weighted by molar-refractivity contribution is 5.95. The smallest absolute Gasteiger partial charge is 0.257 e. The van der Waals surface area contributed by atoms with Crippen molar-refractivity contribution in [2.45, 2.75) is 71.3 Å². The van der Waals surface area contributed by atoms with Crippen molar-refractivity contribution in [2.24, 2.45) is 5.41 Å². The first kappa shape index (κ1) is 17.5. The minimum Gasteiger partial charge on any atom is -0.396 e. The summed E-state index contributed by atoms with van der Waals surface area (Å²) in [5.74, 6) is 0.645. The highest BCUT2D eigenvalue weighted by Gasteiger charge is 2.38. The van der Waals surface area contributed by atoms with E-state index >= 15 is 0 Å². The minimum absolute atomic E-state index is 0.0109. The molecule has 1 aromatic heterocycles. The van der Waals surface area contributed by atoms with Crippen LogP contribution >= 0.6 is 0 Å². The second kappa shape index (κ2) is 6.87. The summed E-state index contributed by atoms with van der Waals surface area (Å²) in [6.45, 7) is 8.18. The van der Waals surface area contributed by atoms with Gasteiger partial charge in [0.25, 0.3) is 5.91 Å². The molecule has 24 heavy (non-hydrogen) atoms. The Morgan fingerprint density at radius 3 is 2.54 bits per heavy atom. The molecule has 1 unspecified atom stereocenters. The molecule has 1 N–H and O–H groups in total. The summed E-state index contributed by atoms with van der Waals surface area (Å²) in [5, 5.41) is 14.2. The van der Waals surface area contributed by atoms with Crippen molar-refractivity contribution in [3.8, 4) is 0 Å². The first-order valence-corrected chi connectivity index (χ1v) is 9.52. The molecule has 134 valence electrons. The lowest BCUT2D eigenvalue weighted by molar-refractivity contribution is 0.0337. The highest BCUT2D eigenvalue weighted by atomic mass is 16.3. The number of likely N-dealkylation sites (tertiary alicyclic amines) is 1. The number of carbonyl (C=O) groups is 1. The van der Waals surface area contributed by atoms with Crippen molar-refractivity contribution in [1.29, 1.82) is 0 Å². The number of nitrogens with zero attached hydrogens (tertiary/aromatic N) is 3. The predicted molar refractivity (Wildman–Crippen MR) is 94.2 cm³/mol. The molecule has 1 aliphatic carbocycles. The van der Waals surface area contributed by atoms with Crippen molar-refractivity contribution in [1.82, 2.24) is 14.7 Å². The monoisotopic (exact) mass is 333 g/mol. The number of carbonyl (C=O) groups excluding carboxylic acids is 1. The molecule has 0 bridgehead atoms. The molecule has 1 aromatic rings. The zero-order chi connectivity index (χ0) is 17.3. The van der Waals surface area contributed by atoms with Gasteiger partial charge in [-0.25, -0.2) is 0 Å². The van der Waals surface area contributed by atoms with Gasteiger partial charge >= 0.3 is 0 Å². The van der Waals surface area contributed by atoms with Crippen molar-refractivity contribution >= 4 is 5.91 Å². The van der Waals surface area contributed by atoms with Gasteiger partial charge in [-0.1, -0.05) is 13.8 Å². The van der Waals surface area contributed by atoms with Crippen molar-refractivity contribution in [3.63, 3.8) is 0 Å². The number of hydrogen-bond acceptors (Lipinski definition) is 3. The molecule has 0 spiro atoms. The fourth-order valence-corrected chi connectivity index (χ4v) is 3.80. The van der Waals surface area contributed by atoms with E-state index in [1.807, 2.05) is 4.90 Å². The number of hydrogen-bond donors (Lipinski definition) is 1. The van der Waals surface area contributed by atoms with E-state index in [0.29, 0.717) is 12.0 Å². The van der Waals surface area contributed by atoms with E-state index in [1.165, 1.54) is 12.8 Å². The Morgan fingerprint density at radius 1 is 1.38 bits per heavy atom. The van der Waals surface area contributed by atoms with Gasteiger partial charge < -0.3 is 10.0 Å². The second-order valence-corrected chi connectivity index (χ2v) is 7.72. The van der Waals surface area contributed by atoms with Crippen LogP contribution in [0, 0.1) is 5.41 Å². The van der Waals surface area contributed by atoms with E-state index in [9.17, 15) is 9.90 Å². The van der Waals surface area contributed by atoms with E-state index in [0.717, 1.165) is 50.0 Å². The first-order chi connectivity index (χ1) is 11.5. The topological polar surface area (TPSA) is 58.4 Å². The Labute approximate surface area is 145 Å². The third-order valence-corrected chi connectivity index (χ3v) is 6.23. The van der Waals surface area contributed by atoms with Crippen LogP contribution in [0.1, 0.15) is 87.3 Å². The Balaban J connectivity index is 1.78. The third kappa shape index (κ3) is 3.10. The third-order valence-electron chi connectivity index (χ3n) is 6.23. The molecule has 0 radical (unpaired) electrons. The number of aromatic nitrogens is 2. The average Bonchev–Trinajstić information content (AvgIpc) is 3.38. The summed E-state index contributed by atoms with van der Waals surface area (Å²) in [5.41, 5.74) is 1.98. The molecule has 1 saturated heterocycles. The van der Waals surface area contributed by atoms with Crippen LogP contribution < -0.4 is 0 Å². The Morgan fingerprint density at radius 2 is 2.04 bits per heavy atom. The SMILES string of the molecule is CCC(C)n1ncc(C(=O)N2CCC(CC)(CO)CC2)c1C1CC1. The molecule has 2 aliphatic rings. The second-order valence-electron chi connectivity index (χ2n) is 7.72. The molecule has 0 aromatic carbocycles. The normalized spacial score (nSPS) is 21.8. The Hall–Kier alpha value is -1.36. The van der Waals surface area contributed by atoms with E-state index in [-0.39, 0.29) is 17.9 Å². The molecular formula is C19H31N3O2. The van der Waals surface area contributed by atoms with Crippen LogP contribution in [0.15, 0.2) is 6.20 Å². The van der Waals surface area contributed by atoms with Crippen molar-refractivity contribution < 1.29 is 9.90 Å². The molecule has 2 heterocycles. The predicted octanol–water partition coefficient (Wildman–Crippen LogP) is 3.36. The van der Waals surface area contributed by atoms with Crippen molar-refractivity contribution in [2.75, 3.05) is 19.7 Å². The molecule has 5 nitrogen and oxygen atoms in total. The summed E-state index contributed by atoms with van der Waals surface area (Å²) in [4.78, 5) is 15.0. The van der Waals surface area contributed by atoms with Crippen LogP contribution in [-0.2, 0) is 0 Å². The Bertz CT molecular complexity index is 577. The zero-order valence-corrected chi connectivity index (χ0v) is 15.3. The fraction of sp³-hybridized carbons (Fsp3) is 0.789. The van der Waals surface area contributed by atoms with Crippen LogP contribution in [0.2, 0.25) is 0 Å². The quantitative estimate of drug-likeness (QED) is 0.868. The van der Waals surface area contributed by atoms with E-state index < -0.39 is 0 Å². The molecule has 1 saturated carbocycles. The lowest BCUT2D eigenvalue weighted by Crippen LogP contribution is -2.44. The summed E-state index contributed by atoms with van der Waals surface area (Å²) in [6.07, 6.45) is 7.92.